The van der Waals surface area contributed by atoms with Crippen molar-refractivity contribution in [3.8, 4) is 0 Å². The summed E-state index contributed by atoms with van der Waals surface area (Å²) in [7, 11) is -0.400. The van der Waals surface area contributed by atoms with Gasteiger partial charge in [0.15, 0.2) is 5.82 Å². The summed E-state index contributed by atoms with van der Waals surface area (Å²) in [5, 5.41) is 9.67. The average molecular weight is 362 g/mol. The largest absolute Gasteiger partial charge is 0.385 e. The van der Waals surface area contributed by atoms with E-state index >= 15 is 0 Å². The zero-order valence-electron chi connectivity index (χ0n) is 14.5. The number of hydrogen-bond donors (Lipinski definition) is 1. The van der Waals surface area contributed by atoms with Gasteiger partial charge in [-0.25, -0.2) is 22.7 Å². The fourth-order valence-electron chi connectivity index (χ4n) is 2.84. The first-order valence-electron chi connectivity index (χ1n) is 8.09. The first kappa shape index (κ1) is 17.8. The SMILES string of the molecule is CC(O)c1nccc(N2CCc3ccc(S(=O)(=O)N(C)C)cc3C2)n1. The number of aliphatic hydroxyl groups is 1. The van der Waals surface area contributed by atoms with Crippen molar-refractivity contribution in [1.82, 2.24) is 14.3 Å². The highest BCUT2D eigenvalue weighted by atomic mass is 32.2. The Balaban J connectivity index is 1.91. The first-order chi connectivity index (χ1) is 11.8. The Morgan fingerprint density at radius 1 is 1.24 bits per heavy atom. The topological polar surface area (TPSA) is 86.6 Å². The van der Waals surface area contributed by atoms with Gasteiger partial charge in [0.2, 0.25) is 10.0 Å². The van der Waals surface area contributed by atoms with Gasteiger partial charge in [-0.1, -0.05) is 6.07 Å². The quantitative estimate of drug-likeness (QED) is 0.883. The van der Waals surface area contributed by atoms with Gasteiger partial charge in [-0.2, -0.15) is 0 Å². The molecule has 0 amide bonds. The van der Waals surface area contributed by atoms with Crippen LogP contribution in [0.1, 0.15) is 30.0 Å². The predicted octanol–water partition coefficient (Wildman–Crippen LogP) is 1.34. The third-order valence-corrected chi connectivity index (χ3v) is 6.14. The monoisotopic (exact) mass is 362 g/mol. The van der Waals surface area contributed by atoms with Crippen molar-refractivity contribution in [2.75, 3.05) is 25.5 Å². The van der Waals surface area contributed by atoms with Gasteiger partial charge in [-0.15, -0.1) is 0 Å². The van der Waals surface area contributed by atoms with Crippen molar-refractivity contribution in [3.63, 3.8) is 0 Å². The Morgan fingerprint density at radius 3 is 2.68 bits per heavy atom. The number of fused-ring (bicyclic) bond motifs is 1. The minimum Gasteiger partial charge on any atom is -0.385 e. The van der Waals surface area contributed by atoms with Crippen molar-refractivity contribution in [1.29, 1.82) is 0 Å². The molecule has 0 saturated carbocycles. The molecule has 1 aliphatic heterocycles. The number of benzene rings is 1. The summed E-state index contributed by atoms with van der Waals surface area (Å²) < 4.78 is 25.9. The Hall–Kier alpha value is -2.03. The summed E-state index contributed by atoms with van der Waals surface area (Å²) >= 11 is 0. The van der Waals surface area contributed by atoms with E-state index in [2.05, 4.69) is 14.9 Å². The molecular formula is C17H22N4O3S. The maximum absolute atomic E-state index is 12.4. The van der Waals surface area contributed by atoms with Gasteiger partial charge >= 0.3 is 0 Å². The number of nitrogens with zero attached hydrogens (tertiary/aromatic N) is 4. The molecule has 1 aromatic heterocycles. The van der Waals surface area contributed by atoms with Gasteiger partial charge < -0.3 is 10.0 Å². The first-order valence-corrected chi connectivity index (χ1v) is 9.53. The molecule has 25 heavy (non-hydrogen) atoms. The minimum atomic E-state index is -3.45. The molecule has 0 saturated heterocycles. The van der Waals surface area contributed by atoms with Crippen LogP contribution in [0.3, 0.4) is 0 Å². The fourth-order valence-corrected chi connectivity index (χ4v) is 3.79. The lowest BCUT2D eigenvalue weighted by atomic mass is 10.00. The van der Waals surface area contributed by atoms with Crippen LogP contribution in [0.4, 0.5) is 5.82 Å². The van der Waals surface area contributed by atoms with Gasteiger partial charge in [-0.3, -0.25) is 0 Å². The van der Waals surface area contributed by atoms with Crippen molar-refractivity contribution >= 4 is 15.8 Å². The molecule has 2 heterocycles. The maximum atomic E-state index is 12.4. The highest BCUT2D eigenvalue weighted by molar-refractivity contribution is 7.89. The zero-order chi connectivity index (χ0) is 18.2. The van der Waals surface area contributed by atoms with Crippen molar-refractivity contribution < 1.29 is 13.5 Å². The molecule has 7 nitrogen and oxygen atoms in total. The Kier molecular flexibility index (Phi) is 4.77. The fraction of sp³-hybridized carbons (Fsp3) is 0.412. The van der Waals surface area contributed by atoms with E-state index in [-0.39, 0.29) is 0 Å². The molecule has 2 aromatic rings. The number of anilines is 1. The van der Waals surface area contributed by atoms with Gasteiger partial charge in [0.25, 0.3) is 0 Å². The highest BCUT2D eigenvalue weighted by Gasteiger charge is 2.23. The molecule has 1 unspecified atom stereocenters. The summed E-state index contributed by atoms with van der Waals surface area (Å²) in [6, 6.07) is 7.11. The number of hydrogen-bond acceptors (Lipinski definition) is 6. The van der Waals surface area contributed by atoms with E-state index in [0.717, 1.165) is 29.9 Å². The molecule has 1 aliphatic rings. The molecular weight excluding hydrogens is 340 g/mol. The molecule has 0 spiro atoms. The highest BCUT2D eigenvalue weighted by Crippen LogP contribution is 2.26. The Bertz CT molecular complexity index is 881. The van der Waals surface area contributed by atoms with Crippen molar-refractivity contribution in [2.24, 2.45) is 0 Å². The third-order valence-electron chi connectivity index (χ3n) is 4.33. The van der Waals surface area contributed by atoms with Crippen LogP contribution in [0.5, 0.6) is 0 Å². The normalized spacial score (nSPS) is 16.0. The van der Waals surface area contributed by atoms with E-state index in [4.69, 9.17) is 0 Å². The molecule has 0 radical (unpaired) electrons. The van der Waals surface area contributed by atoms with Crippen LogP contribution < -0.4 is 4.90 Å². The van der Waals surface area contributed by atoms with Crippen LogP contribution in [-0.2, 0) is 23.0 Å². The number of rotatable bonds is 4. The van der Waals surface area contributed by atoms with E-state index in [0.29, 0.717) is 17.3 Å². The molecule has 0 bridgehead atoms. The Labute approximate surface area is 148 Å². The molecule has 1 aromatic carbocycles. The average Bonchev–Trinajstić information content (AvgIpc) is 2.60. The summed E-state index contributed by atoms with van der Waals surface area (Å²) in [6.07, 6.45) is 1.72. The third kappa shape index (κ3) is 3.51. The smallest absolute Gasteiger partial charge is 0.242 e. The van der Waals surface area contributed by atoms with Crippen molar-refractivity contribution in [2.45, 2.75) is 30.9 Å². The standard InChI is InChI=1S/C17H22N4O3S/c1-12(22)17-18-8-6-16(19-17)21-9-7-13-4-5-15(10-14(13)11-21)25(23,24)20(2)3/h4-6,8,10,12,22H,7,9,11H2,1-3H3. The summed E-state index contributed by atoms with van der Waals surface area (Å²) in [5.41, 5.74) is 2.13. The predicted molar refractivity (Wildman–Crippen MR) is 94.7 cm³/mol. The summed E-state index contributed by atoms with van der Waals surface area (Å²) in [6.45, 7) is 2.98. The zero-order valence-corrected chi connectivity index (χ0v) is 15.4. The van der Waals surface area contributed by atoms with Crippen LogP contribution >= 0.6 is 0 Å². The molecule has 134 valence electrons. The van der Waals surface area contributed by atoms with Gasteiger partial charge in [-0.05, 0) is 42.7 Å². The van der Waals surface area contributed by atoms with Crippen LogP contribution in [0.2, 0.25) is 0 Å². The maximum Gasteiger partial charge on any atom is 0.242 e. The number of aromatic nitrogens is 2. The van der Waals surface area contributed by atoms with Gasteiger partial charge in [0, 0.05) is 33.4 Å². The van der Waals surface area contributed by atoms with E-state index in [1.165, 1.54) is 18.4 Å². The second-order valence-corrected chi connectivity index (χ2v) is 8.49. The lowest BCUT2D eigenvalue weighted by Crippen LogP contribution is -2.32. The van der Waals surface area contributed by atoms with Crippen LogP contribution in [0, 0.1) is 0 Å². The van der Waals surface area contributed by atoms with E-state index in [1.54, 1.807) is 31.3 Å². The minimum absolute atomic E-state index is 0.297. The number of aliphatic hydroxyl groups excluding tert-OH is 1. The Morgan fingerprint density at radius 2 is 2.00 bits per heavy atom. The molecule has 1 N–H and O–H groups in total. The second-order valence-electron chi connectivity index (χ2n) is 6.34. The molecule has 0 aliphatic carbocycles. The summed E-state index contributed by atoms with van der Waals surface area (Å²) in [5.74, 6) is 1.12. The van der Waals surface area contributed by atoms with E-state index < -0.39 is 16.1 Å². The van der Waals surface area contributed by atoms with Crippen LogP contribution in [0.15, 0.2) is 35.4 Å². The van der Waals surface area contributed by atoms with E-state index in [1.807, 2.05) is 6.07 Å². The lowest BCUT2D eigenvalue weighted by molar-refractivity contribution is 0.189. The lowest BCUT2D eigenvalue weighted by Gasteiger charge is -2.30. The molecule has 8 heteroatoms. The number of sulfonamides is 1. The van der Waals surface area contributed by atoms with Crippen LogP contribution in [0.25, 0.3) is 0 Å². The second kappa shape index (κ2) is 6.70. The van der Waals surface area contributed by atoms with E-state index in [9.17, 15) is 13.5 Å². The van der Waals surface area contributed by atoms with Gasteiger partial charge in [0.05, 0.1) is 4.90 Å². The summed E-state index contributed by atoms with van der Waals surface area (Å²) in [4.78, 5) is 10.8. The van der Waals surface area contributed by atoms with Crippen molar-refractivity contribution in [3.05, 3.63) is 47.4 Å². The van der Waals surface area contributed by atoms with Gasteiger partial charge in [0.1, 0.15) is 11.9 Å². The molecule has 0 fully saturated rings. The van der Waals surface area contributed by atoms with Crippen LogP contribution in [-0.4, -0.2) is 48.4 Å². The molecule has 1 atom stereocenters. The molecule has 3 rings (SSSR count).